The van der Waals surface area contributed by atoms with Crippen LogP contribution in [-0.4, -0.2) is 29.6 Å². The van der Waals surface area contributed by atoms with Gasteiger partial charge in [0.2, 0.25) is 0 Å². The molecule has 0 saturated heterocycles. The van der Waals surface area contributed by atoms with Crippen molar-refractivity contribution < 1.29 is 10.2 Å². The molecular weight excluding hydrogens is 468 g/mol. The van der Waals surface area contributed by atoms with Gasteiger partial charge in [-0.05, 0) is 89.7 Å². The average molecular weight is 527 g/mol. The fourth-order valence-electron chi connectivity index (χ4n) is 7.56. The van der Waals surface area contributed by atoms with E-state index in [9.17, 15) is 10.2 Å². The van der Waals surface area contributed by atoms with Gasteiger partial charge in [0.1, 0.15) is 0 Å². The topological polar surface area (TPSA) is 40.5 Å². The maximum absolute atomic E-state index is 11.9. The molecule has 3 saturated carbocycles. The van der Waals surface area contributed by atoms with E-state index in [4.69, 9.17) is 0 Å². The van der Waals surface area contributed by atoms with Crippen LogP contribution in [0.1, 0.15) is 100 Å². The van der Waals surface area contributed by atoms with E-state index >= 15 is 0 Å². The number of aliphatic hydroxyl groups is 2. The predicted molar refractivity (Wildman–Crippen MR) is 163 cm³/mol. The molecule has 0 aromatic heterocycles. The van der Waals surface area contributed by atoms with Crippen molar-refractivity contribution in [2.45, 2.75) is 130 Å². The van der Waals surface area contributed by atoms with Crippen molar-refractivity contribution in [3.63, 3.8) is 0 Å². The Kier molecular flexibility index (Phi) is 9.05. The van der Waals surface area contributed by atoms with Gasteiger partial charge in [0.15, 0.2) is 0 Å². The van der Waals surface area contributed by atoms with Crippen molar-refractivity contribution in [2.75, 3.05) is 0 Å². The molecule has 3 aliphatic rings. The first-order valence-electron chi connectivity index (χ1n) is 15.1. The zero-order valence-electron chi connectivity index (χ0n) is 25.8. The highest BCUT2D eigenvalue weighted by molar-refractivity contribution is 6.82. The second-order valence-corrected chi connectivity index (χ2v) is 20.9. The first-order valence-corrected chi connectivity index (χ1v) is 18.1. The highest BCUT2D eigenvalue weighted by Gasteiger charge is 2.55. The molecule has 0 bridgehead atoms. The van der Waals surface area contributed by atoms with E-state index in [1.165, 1.54) is 32.1 Å². The first kappa shape index (κ1) is 30.6. The largest absolute Gasteiger partial charge is 0.393 e. The van der Waals surface area contributed by atoms with Gasteiger partial charge < -0.3 is 10.2 Å². The van der Waals surface area contributed by atoms with Gasteiger partial charge in [0.25, 0.3) is 0 Å². The monoisotopic (exact) mass is 526 g/mol. The average Bonchev–Trinajstić information content (AvgIpc) is 3.15. The third-order valence-electron chi connectivity index (χ3n) is 11.8. The molecule has 3 heteroatoms. The van der Waals surface area contributed by atoms with Crippen LogP contribution in [0, 0.1) is 35.0 Å². The molecule has 0 radical (unpaired) electrons. The van der Waals surface area contributed by atoms with Crippen LogP contribution >= 0.6 is 0 Å². The predicted octanol–water partition coefficient (Wildman–Crippen LogP) is 9.03. The summed E-state index contributed by atoms with van der Waals surface area (Å²) in [6, 6.07) is 0. The van der Waals surface area contributed by atoms with Crippen molar-refractivity contribution in [3.05, 3.63) is 47.6 Å². The molecule has 1 unspecified atom stereocenters. The molecule has 0 spiro atoms. The van der Waals surface area contributed by atoms with E-state index in [2.05, 4.69) is 99.4 Å². The molecule has 0 aliphatic heterocycles. The van der Waals surface area contributed by atoms with Crippen molar-refractivity contribution in [2.24, 2.45) is 35.0 Å². The van der Waals surface area contributed by atoms with Gasteiger partial charge in [0.05, 0.1) is 19.4 Å². The van der Waals surface area contributed by atoms with Crippen molar-refractivity contribution in [3.8, 4) is 0 Å². The third-order valence-corrected chi connectivity index (χ3v) is 18.3. The molecule has 0 heterocycles. The van der Waals surface area contributed by atoms with Gasteiger partial charge >= 0.3 is 0 Å². The van der Waals surface area contributed by atoms with E-state index in [1.54, 1.807) is 5.57 Å². The molecule has 2 nitrogen and oxygen atoms in total. The number of allylic oxidation sites excluding steroid dienone is 5. The Hall–Kier alpha value is -0.903. The maximum Gasteiger partial charge on any atom is 0.0909 e. The first-order chi connectivity index (χ1) is 16.9. The molecule has 2 N–H and O–H groups in total. The zero-order valence-corrected chi connectivity index (χ0v) is 26.8. The summed E-state index contributed by atoms with van der Waals surface area (Å²) in [6.45, 7) is 27.5. The second kappa shape index (κ2) is 10.9. The summed E-state index contributed by atoms with van der Waals surface area (Å²) in [5.74, 6) is 3.31. The number of hydrogen-bond donors (Lipinski definition) is 2. The summed E-state index contributed by atoms with van der Waals surface area (Å²) in [6.07, 6.45) is 16.3. The number of rotatable bonds is 6. The number of hydrogen-bond acceptors (Lipinski definition) is 2. The second-order valence-electron chi connectivity index (χ2n) is 15.2. The van der Waals surface area contributed by atoms with Crippen LogP contribution in [0.25, 0.3) is 0 Å². The van der Waals surface area contributed by atoms with E-state index in [1.807, 2.05) is 0 Å². The van der Waals surface area contributed by atoms with Crippen molar-refractivity contribution >= 4 is 8.07 Å². The van der Waals surface area contributed by atoms with Gasteiger partial charge in [-0.15, -0.1) is 0 Å². The number of aliphatic hydroxyl groups excluding tert-OH is 1. The van der Waals surface area contributed by atoms with Crippen molar-refractivity contribution in [1.82, 2.24) is 0 Å². The summed E-state index contributed by atoms with van der Waals surface area (Å²) in [4.78, 5) is 0. The smallest absolute Gasteiger partial charge is 0.0909 e. The van der Waals surface area contributed by atoms with Crippen LogP contribution in [0.4, 0.5) is 0 Å². The Bertz CT molecular complexity index is 932. The summed E-state index contributed by atoms with van der Waals surface area (Å²) >= 11 is 0. The molecular formula is C34H58O2Si. The Labute approximate surface area is 230 Å². The van der Waals surface area contributed by atoms with E-state index in [-0.39, 0.29) is 5.04 Å². The summed E-state index contributed by atoms with van der Waals surface area (Å²) in [5, 5.41) is 22.1. The molecule has 0 amide bonds. The van der Waals surface area contributed by atoms with E-state index in [0.717, 1.165) is 17.1 Å². The Morgan fingerprint density at radius 2 is 1.70 bits per heavy atom. The molecule has 3 rings (SSSR count). The fraction of sp³-hybridized carbons (Fsp3) is 0.765. The van der Waals surface area contributed by atoms with Crippen LogP contribution in [-0.2, 0) is 0 Å². The minimum atomic E-state index is -2.10. The Morgan fingerprint density at radius 1 is 1.05 bits per heavy atom. The molecule has 210 valence electrons. The maximum atomic E-state index is 11.9. The molecule has 0 aromatic carbocycles. The summed E-state index contributed by atoms with van der Waals surface area (Å²) in [7, 11) is -2.10. The van der Waals surface area contributed by atoms with Crippen LogP contribution < -0.4 is 0 Å². The van der Waals surface area contributed by atoms with Gasteiger partial charge in [-0.3, -0.25) is 0 Å². The SMILES string of the molecule is C=C1C(=CC=C2CCC[C@@]3(C)C2CC[C@@H]3[C@H](C)/C=C/[C@H](C)C(C)C)C[C@](O)([Si](C)(C)C(C)(C)C)C[C@@H]1O. The zero-order chi connectivity index (χ0) is 28.0. The summed E-state index contributed by atoms with van der Waals surface area (Å²) in [5.41, 5.74) is 3.80. The van der Waals surface area contributed by atoms with E-state index in [0.29, 0.717) is 41.9 Å². The van der Waals surface area contributed by atoms with Crippen LogP contribution in [0.5, 0.6) is 0 Å². The third kappa shape index (κ3) is 5.85. The highest BCUT2D eigenvalue weighted by Crippen LogP contribution is 2.59. The van der Waals surface area contributed by atoms with E-state index < -0.39 is 19.4 Å². The lowest BCUT2D eigenvalue weighted by molar-refractivity contribution is 0.0417. The molecule has 37 heavy (non-hydrogen) atoms. The van der Waals surface area contributed by atoms with Crippen LogP contribution in [0.2, 0.25) is 18.1 Å². The van der Waals surface area contributed by atoms with Crippen molar-refractivity contribution in [1.29, 1.82) is 0 Å². The molecule has 3 fully saturated rings. The van der Waals surface area contributed by atoms with Crippen LogP contribution in [0.3, 0.4) is 0 Å². The normalized spacial score (nSPS) is 37.5. The molecule has 0 aromatic rings. The lowest BCUT2D eigenvalue weighted by atomic mass is 9.61. The van der Waals surface area contributed by atoms with Gasteiger partial charge in [-0.1, -0.05) is 105 Å². The minimum absolute atomic E-state index is 0.0475. The van der Waals surface area contributed by atoms with Crippen LogP contribution in [0.15, 0.2) is 47.6 Å². The fourth-order valence-corrected chi connectivity index (χ4v) is 10.3. The highest BCUT2D eigenvalue weighted by atomic mass is 28.3. The number of fused-ring (bicyclic) bond motifs is 1. The molecule has 7 atom stereocenters. The summed E-state index contributed by atoms with van der Waals surface area (Å²) < 4.78 is 0. The van der Waals surface area contributed by atoms with Gasteiger partial charge in [-0.2, -0.15) is 0 Å². The Morgan fingerprint density at radius 3 is 2.30 bits per heavy atom. The minimum Gasteiger partial charge on any atom is -0.393 e. The lowest BCUT2D eigenvalue weighted by Gasteiger charge is -2.52. The Balaban J connectivity index is 1.86. The molecule has 3 aliphatic carbocycles. The quantitative estimate of drug-likeness (QED) is 0.268. The van der Waals surface area contributed by atoms with Gasteiger partial charge in [-0.25, -0.2) is 0 Å². The standard InChI is InChI=1S/C34H58O2Si/c1-23(2)24(3)14-15-25(4)29-18-19-30-27(13-12-20-33(29,30)9)16-17-28-21-34(36,22-31(35)26(28)5)37(10,11)32(6,7)8/h14-17,23-25,29-31,35-36H,5,12-13,18-22H2,1-4,6-11H3/b15-14+,27-16?,28-17?/t24-,25+,29+,30?,31-,33+,34-/m0/s1. The lowest BCUT2D eigenvalue weighted by Crippen LogP contribution is -2.62. The van der Waals surface area contributed by atoms with Gasteiger partial charge in [0, 0.05) is 6.42 Å².